The smallest absolute Gasteiger partial charge is 0.373 e. The molecule has 2 aliphatic rings. The molecule has 3 aromatic heterocycles. The van der Waals surface area contributed by atoms with Crippen LogP contribution in [-0.2, 0) is 38.2 Å². The van der Waals surface area contributed by atoms with Crippen LogP contribution in [0.25, 0.3) is 22.6 Å². The Labute approximate surface area is 257 Å². The van der Waals surface area contributed by atoms with Gasteiger partial charge in [-0.05, 0) is 60.6 Å². The van der Waals surface area contributed by atoms with Gasteiger partial charge in [0.1, 0.15) is 23.6 Å². The van der Waals surface area contributed by atoms with E-state index in [1.54, 1.807) is 41.9 Å². The molecule has 0 spiro atoms. The van der Waals surface area contributed by atoms with Gasteiger partial charge in [-0.1, -0.05) is 13.8 Å². The van der Waals surface area contributed by atoms with E-state index in [1.165, 1.54) is 11.0 Å². The van der Waals surface area contributed by atoms with Gasteiger partial charge in [-0.3, -0.25) is 14.4 Å². The van der Waals surface area contributed by atoms with E-state index in [1.807, 2.05) is 19.9 Å². The second-order valence-corrected chi connectivity index (χ2v) is 12.2. The molecule has 1 aliphatic heterocycles. The van der Waals surface area contributed by atoms with Crippen LogP contribution in [0.3, 0.4) is 0 Å². The summed E-state index contributed by atoms with van der Waals surface area (Å²) in [5.74, 6) is 0.857. The van der Waals surface area contributed by atoms with Crippen molar-refractivity contribution in [3.63, 3.8) is 0 Å². The Bertz CT molecular complexity index is 1740. The van der Waals surface area contributed by atoms with Crippen molar-refractivity contribution in [2.24, 2.45) is 20.0 Å². The summed E-state index contributed by atoms with van der Waals surface area (Å²) in [4.78, 5) is 19.7. The number of alkyl halides is 4. The molecule has 0 bridgehead atoms. The lowest BCUT2D eigenvalue weighted by molar-refractivity contribution is -0.138. The fraction of sp³-hybridized carbons (Fsp3) is 0.452. The van der Waals surface area contributed by atoms with Crippen molar-refractivity contribution in [3.05, 3.63) is 59.0 Å². The van der Waals surface area contributed by atoms with Crippen LogP contribution in [0.4, 0.5) is 29.2 Å². The largest absolute Gasteiger partial charge is 0.416 e. The molecular formula is C31H34F4N8O2. The first-order chi connectivity index (χ1) is 21.3. The predicted octanol–water partition coefficient (Wildman–Crippen LogP) is 5.93. The Kier molecular flexibility index (Phi) is 7.88. The first-order valence-electron chi connectivity index (χ1n) is 14.8. The zero-order valence-corrected chi connectivity index (χ0v) is 25.5. The van der Waals surface area contributed by atoms with Crippen LogP contribution in [0, 0.1) is 5.92 Å². The van der Waals surface area contributed by atoms with Crippen molar-refractivity contribution in [2.45, 2.75) is 58.1 Å². The fourth-order valence-electron chi connectivity index (χ4n) is 5.71. The lowest BCUT2D eigenvalue weighted by atomic mass is 9.83. The van der Waals surface area contributed by atoms with Crippen molar-refractivity contribution in [3.8, 4) is 22.6 Å². The number of pyridine rings is 1. The number of amides is 1. The van der Waals surface area contributed by atoms with Gasteiger partial charge in [0.05, 0.1) is 42.8 Å². The number of fused-ring (bicyclic) bond motifs is 1. The van der Waals surface area contributed by atoms with E-state index in [4.69, 9.17) is 4.74 Å². The second-order valence-electron chi connectivity index (χ2n) is 12.2. The molecule has 14 heteroatoms. The Hall–Kier alpha value is -4.33. The molecule has 0 saturated heterocycles. The summed E-state index contributed by atoms with van der Waals surface area (Å²) < 4.78 is 66.3. The molecule has 1 aliphatic carbocycles. The Balaban J connectivity index is 1.38. The van der Waals surface area contributed by atoms with Crippen molar-refractivity contribution < 1.29 is 27.1 Å². The average Bonchev–Trinajstić information content (AvgIpc) is 3.66. The zero-order valence-electron chi connectivity index (χ0n) is 25.5. The number of hydrogen-bond acceptors (Lipinski definition) is 7. The summed E-state index contributed by atoms with van der Waals surface area (Å²) in [6.45, 7) is 3.89. The molecule has 0 atom stereocenters. The third-order valence-electron chi connectivity index (χ3n) is 8.23. The lowest BCUT2D eigenvalue weighted by Gasteiger charge is -2.33. The van der Waals surface area contributed by atoms with Crippen molar-refractivity contribution in [1.82, 2.24) is 29.5 Å². The summed E-state index contributed by atoms with van der Waals surface area (Å²) in [7, 11) is 3.57. The molecule has 4 aromatic rings. The Morgan fingerprint density at radius 1 is 1.11 bits per heavy atom. The maximum Gasteiger partial charge on any atom is 0.416 e. The average molecular weight is 627 g/mol. The number of carbonyl (C=O) groups excluding carboxylic acids is 1. The van der Waals surface area contributed by atoms with Crippen LogP contribution in [0.1, 0.15) is 60.2 Å². The van der Waals surface area contributed by atoms with E-state index in [9.17, 15) is 22.4 Å². The van der Waals surface area contributed by atoms with Gasteiger partial charge in [-0.2, -0.15) is 18.3 Å². The molecule has 0 unspecified atom stereocenters. The molecule has 0 radical (unpaired) electrons. The summed E-state index contributed by atoms with van der Waals surface area (Å²) in [5, 5.41) is 15.9. The second kappa shape index (κ2) is 11.5. The zero-order chi connectivity index (χ0) is 32.1. The van der Waals surface area contributed by atoms with Crippen LogP contribution in [0.2, 0.25) is 0 Å². The summed E-state index contributed by atoms with van der Waals surface area (Å²) in [6, 6.07) is 5.88. The highest BCUT2D eigenvalue weighted by atomic mass is 19.4. The first-order valence-corrected chi connectivity index (χ1v) is 14.8. The van der Waals surface area contributed by atoms with Crippen molar-refractivity contribution in [2.75, 3.05) is 23.4 Å². The summed E-state index contributed by atoms with van der Waals surface area (Å²) in [6.07, 6.45) is 0.0135. The number of carbonyl (C=O) groups is 1. The fourth-order valence-corrected chi connectivity index (χ4v) is 5.71. The Morgan fingerprint density at radius 2 is 1.89 bits per heavy atom. The summed E-state index contributed by atoms with van der Waals surface area (Å²) in [5.41, 5.74) is -0.432. The van der Waals surface area contributed by atoms with Gasteiger partial charge in [0.15, 0.2) is 5.82 Å². The quantitative estimate of drug-likeness (QED) is 0.218. The predicted molar refractivity (Wildman–Crippen MR) is 159 cm³/mol. The molecule has 1 N–H and O–H groups in total. The molecule has 1 amide bonds. The molecule has 6 rings (SSSR count). The van der Waals surface area contributed by atoms with Gasteiger partial charge < -0.3 is 14.6 Å². The number of anilines is 2. The molecule has 1 fully saturated rings. The minimum atomic E-state index is -4.72. The van der Waals surface area contributed by atoms with Crippen LogP contribution in [-0.4, -0.2) is 54.3 Å². The SMILES string of the molecule is CC(C)CNc1cc(-c2c(-c3nncn3C)cnn2C)cc(N2Cc3c(cc(COCC4(F)CCC4)cc3C(F)(F)F)C2=O)n1. The lowest BCUT2D eigenvalue weighted by Crippen LogP contribution is -2.36. The number of aryl methyl sites for hydroxylation is 2. The standard InChI is InChI=1S/C31H34F4N8O2/c1-18(2)12-36-25-10-20(27-22(13-38-42(27)4)28-40-37-17-41(28)3)11-26(39-25)43-14-23-21(29(43)44)8-19(9-24(23)31(33,34)35)15-45-16-30(32)6-5-7-30/h8-11,13,17-18H,5-7,12,14-16H2,1-4H3,(H,36,39). The number of halogens is 4. The normalized spacial score (nSPS) is 15.9. The number of aromatic nitrogens is 6. The Morgan fingerprint density at radius 3 is 2.53 bits per heavy atom. The molecule has 45 heavy (non-hydrogen) atoms. The molecule has 1 aromatic carbocycles. The van der Waals surface area contributed by atoms with Crippen LogP contribution >= 0.6 is 0 Å². The number of rotatable bonds is 10. The number of nitrogens with zero attached hydrogens (tertiary/aromatic N) is 7. The van der Waals surface area contributed by atoms with Crippen LogP contribution in [0.5, 0.6) is 0 Å². The molecule has 238 valence electrons. The number of benzene rings is 1. The van der Waals surface area contributed by atoms with Crippen LogP contribution < -0.4 is 10.2 Å². The van der Waals surface area contributed by atoms with Gasteiger partial charge in [-0.15, -0.1) is 10.2 Å². The highest BCUT2D eigenvalue weighted by molar-refractivity contribution is 6.10. The van der Waals surface area contributed by atoms with Crippen LogP contribution in [0.15, 0.2) is 36.8 Å². The van der Waals surface area contributed by atoms with Gasteiger partial charge in [0, 0.05) is 31.8 Å². The monoisotopic (exact) mass is 626 g/mol. The van der Waals surface area contributed by atoms with Gasteiger partial charge in [0.25, 0.3) is 5.91 Å². The summed E-state index contributed by atoms with van der Waals surface area (Å²) >= 11 is 0. The highest BCUT2D eigenvalue weighted by Crippen LogP contribution is 2.41. The number of ether oxygens (including phenoxy) is 1. The molecule has 4 heterocycles. The minimum Gasteiger partial charge on any atom is -0.373 e. The first kappa shape index (κ1) is 30.7. The third-order valence-corrected chi connectivity index (χ3v) is 8.23. The molecule has 1 saturated carbocycles. The topological polar surface area (TPSA) is 103 Å². The molecular weight excluding hydrogens is 592 g/mol. The third kappa shape index (κ3) is 6.02. The van der Waals surface area contributed by atoms with Crippen molar-refractivity contribution in [1.29, 1.82) is 0 Å². The number of nitrogens with one attached hydrogen (secondary N) is 1. The van der Waals surface area contributed by atoms with Gasteiger partial charge in [0.2, 0.25) is 0 Å². The van der Waals surface area contributed by atoms with E-state index in [2.05, 4.69) is 25.6 Å². The number of hydrogen-bond donors (Lipinski definition) is 1. The minimum absolute atomic E-state index is 0.0776. The maximum atomic E-state index is 14.4. The van der Waals surface area contributed by atoms with E-state index in [0.29, 0.717) is 47.8 Å². The maximum absolute atomic E-state index is 14.4. The highest BCUT2D eigenvalue weighted by Gasteiger charge is 2.41. The van der Waals surface area contributed by atoms with Gasteiger partial charge in [-0.25, -0.2) is 9.37 Å². The van der Waals surface area contributed by atoms with E-state index in [-0.39, 0.29) is 48.2 Å². The van der Waals surface area contributed by atoms with E-state index < -0.39 is 23.3 Å². The molecule has 10 nitrogen and oxygen atoms in total. The van der Waals surface area contributed by atoms with Crippen molar-refractivity contribution >= 4 is 17.5 Å². The van der Waals surface area contributed by atoms with Gasteiger partial charge >= 0.3 is 6.18 Å². The van der Waals surface area contributed by atoms with E-state index >= 15 is 0 Å². The van der Waals surface area contributed by atoms with E-state index in [0.717, 1.165) is 12.5 Å².